The topological polar surface area (TPSA) is 3.24 Å². The highest BCUT2D eigenvalue weighted by Gasteiger charge is 2.47. The Labute approximate surface area is 231 Å². The zero-order valence-electron chi connectivity index (χ0n) is 22.2. The lowest BCUT2D eigenvalue weighted by Crippen LogP contribution is -2.31. The fourth-order valence-electron chi connectivity index (χ4n) is 6.64. The fraction of sp³-hybridized carbons (Fsp3) is 0.105. The van der Waals surface area contributed by atoms with Crippen LogP contribution in [0.5, 0.6) is 0 Å². The highest BCUT2D eigenvalue weighted by atomic mass is 15.1. The van der Waals surface area contributed by atoms with E-state index in [0.717, 1.165) is 12.8 Å². The van der Waals surface area contributed by atoms with Crippen molar-refractivity contribution in [1.29, 1.82) is 0 Å². The molecule has 2 aliphatic rings. The molecule has 1 heteroatoms. The third kappa shape index (κ3) is 3.77. The maximum atomic E-state index is 2.41. The number of allylic oxidation sites excluding steroid dienone is 4. The van der Waals surface area contributed by atoms with Crippen LogP contribution >= 0.6 is 0 Å². The predicted molar refractivity (Wildman–Crippen MR) is 163 cm³/mol. The van der Waals surface area contributed by atoms with Crippen LogP contribution in [0.1, 0.15) is 35.1 Å². The van der Waals surface area contributed by atoms with E-state index >= 15 is 0 Å². The quantitative estimate of drug-likeness (QED) is 0.232. The summed E-state index contributed by atoms with van der Waals surface area (Å²) in [6.07, 6.45) is 6.72. The van der Waals surface area contributed by atoms with Crippen LogP contribution in [0.15, 0.2) is 157 Å². The van der Waals surface area contributed by atoms with Gasteiger partial charge in [0.1, 0.15) is 0 Å². The molecule has 2 aliphatic carbocycles. The number of nitrogens with zero attached hydrogens (tertiary/aromatic N) is 1. The number of benzene rings is 5. The summed E-state index contributed by atoms with van der Waals surface area (Å²) in [4.78, 5) is 2.41. The minimum atomic E-state index is -0.298. The molecule has 0 aromatic heterocycles. The van der Waals surface area contributed by atoms with E-state index in [1.165, 1.54) is 56.0 Å². The molecule has 0 N–H and O–H groups in total. The summed E-state index contributed by atoms with van der Waals surface area (Å²) in [5.74, 6) is 0. The Morgan fingerprint density at radius 3 is 1.54 bits per heavy atom. The highest BCUT2D eigenvalue weighted by molar-refractivity contribution is 5.86. The smallest absolute Gasteiger partial charge is 0.0676 e. The van der Waals surface area contributed by atoms with E-state index in [0.29, 0.717) is 0 Å². The van der Waals surface area contributed by atoms with Crippen LogP contribution in [0.4, 0.5) is 11.4 Å². The largest absolute Gasteiger partial charge is 0.314 e. The van der Waals surface area contributed by atoms with Crippen molar-refractivity contribution in [1.82, 2.24) is 0 Å². The Morgan fingerprint density at radius 1 is 0.513 bits per heavy atom. The van der Waals surface area contributed by atoms with Gasteiger partial charge in [0, 0.05) is 17.1 Å². The molecule has 7 rings (SSSR count). The second kappa shape index (κ2) is 9.60. The maximum Gasteiger partial charge on any atom is 0.0676 e. The first-order valence-electron chi connectivity index (χ1n) is 13.8. The zero-order chi connectivity index (χ0) is 26.2. The van der Waals surface area contributed by atoms with E-state index in [1.54, 1.807) is 0 Å². The van der Waals surface area contributed by atoms with Gasteiger partial charge in [0.15, 0.2) is 0 Å². The SMILES string of the molecule is Cc1ccc(C2(C3=CC=C(N(c4ccccc4)c4ccccc4)CC3)c3ccccc3-c3ccccc32)cc1. The molecule has 0 saturated heterocycles. The summed E-state index contributed by atoms with van der Waals surface area (Å²) in [5, 5.41) is 0. The van der Waals surface area contributed by atoms with Gasteiger partial charge in [0.2, 0.25) is 0 Å². The molecular formula is C38H31N. The molecular weight excluding hydrogens is 470 g/mol. The Balaban J connectivity index is 1.43. The van der Waals surface area contributed by atoms with Crippen LogP contribution in [0, 0.1) is 6.92 Å². The molecule has 5 aromatic carbocycles. The molecule has 0 atom stereocenters. The molecule has 5 aromatic rings. The number of aryl methyl sites for hydroxylation is 1. The van der Waals surface area contributed by atoms with Crippen LogP contribution in [0.25, 0.3) is 11.1 Å². The van der Waals surface area contributed by atoms with Crippen molar-refractivity contribution in [2.45, 2.75) is 25.2 Å². The van der Waals surface area contributed by atoms with E-state index in [9.17, 15) is 0 Å². The van der Waals surface area contributed by atoms with Gasteiger partial charge in [-0.1, -0.05) is 126 Å². The summed E-state index contributed by atoms with van der Waals surface area (Å²) in [5.41, 5.74) is 13.0. The van der Waals surface area contributed by atoms with Crippen LogP contribution in [0.3, 0.4) is 0 Å². The summed E-state index contributed by atoms with van der Waals surface area (Å²) < 4.78 is 0. The van der Waals surface area contributed by atoms with Gasteiger partial charge < -0.3 is 4.90 Å². The summed E-state index contributed by atoms with van der Waals surface area (Å²) in [6, 6.07) is 48.7. The zero-order valence-corrected chi connectivity index (χ0v) is 22.2. The second-order valence-electron chi connectivity index (χ2n) is 10.6. The highest BCUT2D eigenvalue weighted by Crippen LogP contribution is 2.57. The number of hydrogen-bond donors (Lipinski definition) is 0. The second-order valence-corrected chi connectivity index (χ2v) is 10.6. The lowest BCUT2D eigenvalue weighted by molar-refractivity contribution is 0.681. The van der Waals surface area contributed by atoms with E-state index in [4.69, 9.17) is 0 Å². The van der Waals surface area contributed by atoms with E-state index in [1.807, 2.05) is 0 Å². The van der Waals surface area contributed by atoms with Gasteiger partial charge in [-0.25, -0.2) is 0 Å². The lowest BCUT2D eigenvalue weighted by Gasteiger charge is -2.38. The molecule has 0 unspecified atom stereocenters. The molecule has 0 radical (unpaired) electrons. The number of rotatable bonds is 5. The number of para-hydroxylation sites is 2. The molecule has 0 spiro atoms. The van der Waals surface area contributed by atoms with Crippen molar-refractivity contribution < 1.29 is 0 Å². The lowest BCUT2D eigenvalue weighted by atomic mass is 9.65. The first-order chi connectivity index (χ1) is 19.3. The monoisotopic (exact) mass is 501 g/mol. The summed E-state index contributed by atoms with van der Waals surface area (Å²) in [7, 11) is 0. The van der Waals surface area contributed by atoms with E-state index in [-0.39, 0.29) is 5.41 Å². The first-order valence-corrected chi connectivity index (χ1v) is 13.8. The average Bonchev–Trinajstić information content (AvgIpc) is 3.31. The normalized spacial score (nSPS) is 15.1. The molecule has 39 heavy (non-hydrogen) atoms. The van der Waals surface area contributed by atoms with Gasteiger partial charge in [-0.05, 0) is 77.9 Å². The van der Waals surface area contributed by atoms with Crippen LogP contribution in [0.2, 0.25) is 0 Å². The molecule has 0 fully saturated rings. The number of fused-ring (bicyclic) bond motifs is 3. The number of anilines is 2. The average molecular weight is 502 g/mol. The first kappa shape index (κ1) is 23.5. The minimum absolute atomic E-state index is 0.298. The Morgan fingerprint density at radius 2 is 1.03 bits per heavy atom. The predicted octanol–water partition coefficient (Wildman–Crippen LogP) is 9.75. The van der Waals surface area contributed by atoms with Gasteiger partial charge >= 0.3 is 0 Å². The number of hydrogen-bond acceptors (Lipinski definition) is 1. The van der Waals surface area contributed by atoms with Crippen molar-refractivity contribution in [2.75, 3.05) is 4.90 Å². The summed E-state index contributed by atoms with van der Waals surface area (Å²) >= 11 is 0. The fourth-order valence-corrected chi connectivity index (χ4v) is 6.64. The minimum Gasteiger partial charge on any atom is -0.314 e. The molecule has 0 amide bonds. The summed E-state index contributed by atoms with van der Waals surface area (Å²) in [6.45, 7) is 2.17. The molecule has 188 valence electrons. The maximum absolute atomic E-state index is 2.41. The van der Waals surface area contributed by atoms with E-state index in [2.05, 4.69) is 157 Å². The van der Waals surface area contributed by atoms with Gasteiger partial charge in [-0.2, -0.15) is 0 Å². The van der Waals surface area contributed by atoms with Gasteiger partial charge in [0.25, 0.3) is 0 Å². The van der Waals surface area contributed by atoms with Crippen molar-refractivity contribution in [3.8, 4) is 11.1 Å². The molecule has 0 heterocycles. The molecule has 0 saturated carbocycles. The van der Waals surface area contributed by atoms with Crippen molar-refractivity contribution in [3.63, 3.8) is 0 Å². The standard InChI is InChI=1S/C38H31N/c1-28-20-22-29(23-21-28)38(36-18-10-8-16-34(36)35-17-9-11-19-37(35)38)30-24-26-33(27-25-30)39(31-12-4-2-5-13-31)32-14-6-3-7-15-32/h2-24,26H,25,27H2,1H3. The van der Waals surface area contributed by atoms with Gasteiger partial charge in [0.05, 0.1) is 5.41 Å². The van der Waals surface area contributed by atoms with Crippen molar-refractivity contribution in [3.05, 3.63) is 179 Å². The third-order valence-corrected chi connectivity index (χ3v) is 8.36. The van der Waals surface area contributed by atoms with Gasteiger partial charge in [-0.3, -0.25) is 0 Å². The van der Waals surface area contributed by atoms with E-state index < -0.39 is 0 Å². The van der Waals surface area contributed by atoms with Crippen LogP contribution in [-0.2, 0) is 5.41 Å². The molecule has 0 aliphatic heterocycles. The Hall–Kier alpha value is -4.62. The van der Waals surface area contributed by atoms with Crippen LogP contribution in [-0.4, -0.2) is 0 Å². The molecule has 0 bridgehead atoms. The van der Waals surface area contributed by atoms with Crippen LogP contribution < -0.4 is 4.90 Å². The Kier molecular flexibility index (Phi) is 5.78. The third-order valence-electron chi connectivity index (χ3n) is 8.36. The molecule has 1 nitrogen and oxygen atoms in total. The Bertz CT molecular complexity index is 1610. The van der Waals surface area contributed by atoms with Crippen molar-refractivity contribution >= 4 is 11.4 Å². The van der Waals surface area contributed by atoms with Crippen molar-refractivity contribution in [2.24, 2.45) is 0 Å². The van der Waals surface area contributed by atoms with Gasteiger partial charge in [-0.15, -0.1) is 0 Å².